The zero-order valence-corrected chi connectivity index (χ0v) is 7.71. The van der Waals surface area contributed by atoms with Crippen LogP contribution in [0.5, 0.6) is 0 Å². The second-order valence-electron chi connectivity index (χ2n) is 3.80. The highest BCUT2D eigenvalue weighted by molar-refractivity contribution is 5.85. The average molecular weight is 171 g/mol. The van der Waals surface area contributed by atoms with Gasteiger partial charge in [-0.25, -0.2) is 0 Å². The topological polar surface area (TPSA) is 49.3 Å². The summed E-state index contributed by atoms with van der Waals surface area (Å²) in [7, 11) is 0. The minimum Gasteiger partial charge on any atom is -0.396 e. The molecule has 1 heterocycles. The standard InChI is InChI=1S/C9H17NO2/c1-6(2)9(12)8-3-7(5-11)4-10-8/h6-8,10-11H,3-5H2,1-2H3/t7-,8+/m1/s1. The fourth-order valence-electron chi connectivity index (χ4n) is 1.57. The van der Waals surface area contributed by atoms with Crippen LogP contribution in [0.3, 0.4) is 0 Å². The van der Waals surface area contributed by atoms with Crippen molar-refractivity contribution >= 4 is 5.78 Å². The van der Waals surface area contributed by atoms with Crippen molar-refractivity contribution in [3.63, 3.8) is 0 Å². The van der Waals surface area contributed by atoms with Crippen LogP contribution in [0, 0.1) is 11.8 Å². The second kappa shape index (κ2) is 4.01. The van der Waals surface area contributed by atoms with E-state index in [1.807, 2.05) is 13.8 Å². The molecule has 0 aromatic rings. The highest BCUT2D eigenvalue weighted by Crippen LogP contribution is 2.16. The molecule has 70 valence electrons. The molecule has 2 N–H and O–H groups in total. The van der Waals surface area contributed by atoms with Gasteiger partial charge in [0, 0.05) is 19.1 Å². The van der Waals surface area contributed by atoms with Gasteiger partial charge in [-0.05, 0) is 12.3 Å². The maximum Gasteiger partial charge on any atom is 0.152 e. The molecule has 3 heteroatoms. The van der Waals surface area contributed by atoms with Gasteiger partial charge in [-0.2, -0.15) is 0 Å². The number of hydrogen-bond acceptors (Lipinski definition) is 3. The average Bonchev–Trinajstić information content (AvgIpc) is 2.50. The maximum absolute atomic E-state index is 11.5. The third kappa shape index (κ3) is 2.05. The zero-order chi connectivity index (χ0) is 9.14. The molecule has 1 aliphatic heterocycles. The largest absolute Gasteiger partial charge is 0.396 e. The van der Waals surface area contributed by atoms with Crippen molar-refractivity contribution in [1.82, 2.24) is 5.32 Å². The molecule has 0 amide bonds. The highest BCUT2D eigenvalue weighted by atomic mass is 16.3. The van der Waals surface area contributed by atoms with E-state index in [1.165, 1.54) is 0 Å². The van der Waals surface area contributed by atoms with E-state index in [-0.39, 0.29) is 30.3 Å². The lowest BCUT2D eigenvalue weighted by atomic mass is 9.97. The number of aliphatic hydroxyl groups excluding tert-OH is 1. The van der Waals surface area contributed by atoms with Crippen LogP contribution in [-0.4, -0.2) is 30.1 Å². The first kappa shape index (κ1) is 9.68. The predicted octanol–water partition coefficient (Wildman–Crippen LogP) is 0.182. The lowest BCUT2D eigenvalue weighted by Crippen LogP contribution is -2.33. The molecule has 0 bridgehead atoms. The van der Waals surface area contributed by atoms with Crippen molar-refractivity contribution < 1.29 is 9.90 Å². The van der Waals surface area contributed by atoms with Crippen LogP contribution in [-0.2, 0) is 4.79 Å². The summed E-state index contributed by atoms with van der Waals surface area (Å²) in [5.41, 5.74) is 0. The van der Waals surface area contributed by atoms with Crippen molar-refractivity contribution in [3.8, 4) is 0 Å². The number of carbonyl (C=O) groups is 1. The van der Waals surface area contributed by atoms with E-state index in [0.29, 0.717) is 0 Å². The van der Waals surface area contributed by atoms with Gasteiger partial charge >= 0.3 is 0 Å². The Morgan fingerprint density at radius 3 is 2.75 bits per heavy atom. The molecule has 0 aromatic heterocycles. The summed E-state index contributed by atoms with van der Waals surface area (Å²) in [5.74, 6) is 0.642. The second-order valence-corrected chi connectivity index (χ2v) is 3.80. The van der Waals surface area contributed by atoms with E-state index >= 15 is 0 Å². The van der Waals surface area contributed by atoms with Gasteiger partial charge in [0.1, 0.15) is 0 Å². The van der Waals surface area contributed by atoms with Gasteiger partial charge in [0.05, 0.1) is 6.04 Å². The van der Waals surface area contributed by atoms with Crippen LogP contribution in [0.1, 0.15) is 20.3 Å². The van der Waals surface area contributed by atoms with E-state index in [2.05, 4.69) is 5.32 Å². The highest BCUT2D eigenvalue weighted by Gasteiger charge is 2.29. The van der Waals surface area contributed by atoms with Crippen LogP contribution < -0.4 is 5.32 Å². The fraction of sp³-hybridized carbons (Fsp3) is 0.889. The van der Waals surface area contributed by atoms with Crippen molar-refractivity contribution in [2.45, 2.75) is 26.3 Å². The third-order valence-corrected chi connectivity index (χ3v) is 2.39. The van der Waals surface area contributed by atoms with Crippen molar-refractivity contribution in [2.24, 2.45) is 11.8 Å². The van der Waals surface area contributed by atoms with E-state index in [0.717, 1.165) is 13.0 Å². The Bertz CT molecular complexity index is 168. The molecule has 0 aliphatic carbocycles. The van der Waals surface area contributed by atoms with Crippen LogP contribution in [0.25, 0.3) is 0 Å². The minimum absolute atomic E-state index is 0.0119. The van der Waals surface area contributed by atoms with Gasteiger partial charge in [0.25, 0.3) is 0 Å². The van der Waals surface area contributed by atoms with E-state index in [1.54, 1.807) is 0 Å². The molecule has 1 fully saturated rings. The quantitative estimate of drug-likeness (QED) is 0.637. The molecule has 3 nitrogen and oxygen atoms in total. The molecular formula is C9H17NO2. The molecule has 1 saturated heterocycles. The Balaban J connectivity index is 2.41. The Hall–Kier alpha value is -0.410. The summed E-state index contributed by atoms with van der Waals surface area (Å²) in [4.78, 5) is 11.5. The van der Waals surface area contributed by atoms with Gasteiger partial charge in [-0.15, -0.1) is 0 Å². The number of Topliss-reactive ketones (excluding diaryl/α,β-unsaturated/α-hetero) is 1. The third-order valence-electron chi connectivity index (χ3n) is 2.39. The lowest BCUT2D eigenvalue weighted by Gasteiger charge is -2.11. The number of aliphatic hydroxyl groups is 1. The van der Waals surface area contributed by atoms with E-state index in [4.69, 9.17) is 5.11 Å². The van der Waals surface area contributed by atoms with Crippen molar-refractivity contribution in [2.75, 3.05) is 13.2 Å². The molecule has 1 aliphatic rings. The number of nitrogens with one attached hydrogen (secondary N) is 1. The number of rotatable bonds is 3. The molecule has 1 rings (SSSR count). The van der Waals surface area contributed by atoms with Gasteiger partial charge in [0.15, 0.2) is 5.78 Å². The number of hydrogen-bond donors (Lipinski definition) is 2. The SMILES string of the molecule is CC(C)C(=O)[C@@H]1C[C@@H](CO)CN1. The first-order valence-electron chi connectivity index (χ1n) is 4.53. The van der Waals surface area contributed by atoms with Crippen LogP contribution >= 0.6 is 0 Å². The summed E-state index contributed by atoms with van der Waals surface area (Å²) in [5, 5.41) is 12.0. The summed E-state index contributed by atoms with van der Waals surface area (Å²) in [6, 6.07) is -0.0119. The van der Waals surface area contributed by atoms with Gasteiger partial charge in [-0.3, -0.25) is 4.79 Å². The smallest absolute Gasteiger partial charge is 0.152 e. The van der Waals surface area contributed by atoms with Gasteiger partial charge < -0.3 is 10.4 Å². The molecule has 0 spiro atoms. The zero-order valence-electron chi connectivity index (χ0n) is 7.71. The van der Waals surface area contributed by atoms with Crippen molar-refractivity contribution in [1.29, 1.82) is 0 Å². The molecule has 2 atom stereocenters. The van der Waals surface area contributed by atoms with E-state index in [9.17, 15) is 4.79 Å². The molecule has 0 aromatic carbocycles. The molecule has 12 heavy (non-hydrogen) atoms. The normalized spacial score (nSPS) is 29.7. The van der Waals surface area contributed by atoms with Gasteiger partial charge in [0.2, 0.25) is 0 Å². The predicted molar refractivity (Wildman–Crippen MR) is 46.8 cm³/mol. The summed E-state index contributed by atoms with van der Waals surface area (Å²) in [6.07, 6.45) is 0.799. The van der Waals surface area contributed by atoms with Crippen LogP contribution in [0.2, 0.25) is 0 Å². The first-order chi connectivity index (χ1) is 5.65. The molecular weight excluding hydrogens is 154 g/mol. The number of carbonyl (C=O) groups excluding carboxylic acids is 1. The summed E-state index contributed by atoms with van der Waals surface area (Å²) < 4.78 is 0. The monoisotopic (exact) mass is 171 g/mol. The molecule has 0 saturated carbocycles. The molecule has 0 radical (unpaired) electrons. The minimum atomic E-state index is -0.0119. The van der Waals surface area contributed by atoms with Crippen LogP contribution in [0.15, 0.2) is 0 Å². The Labute approximate surface area is 73.2 Å². The number of ketones is 1. The van der Waals surface area contributed by atoms with E-state index < -0.39 is 0 Å². The summed E-state index contributed by atoms with van der Waals surface area (Å²) >= 11 is 0. The maximum atomic E-state index is 11.5. The molecule has 0 unspecified atom stereocenters. The first-order valence-corrected chi connectivity index (χ1v) is 4.53. The fourth-order valence-corrected chi connectivity index (χ4v) is 1.57. The van der Waals surface area contributed by atoms with Crippen molar-refractivity contribution in [3.05, 3.63) is 0 Å². The summed E-state index contributed by atoms with van der Waals surface area (Å²) in [6.45, 7) is 4.79. The Morgan fingerprint density at radius 2 is 2.33 bits per heavy atom. The lowest BCUT2D eigenvalue weighted by molar-refractivity contribution is -0.123. The van der Waals surface area contributed by atoms with Gasteiger partial charge in [-0.1, -0.05) is 13.8 Å². The Morgan fingerprint density at radius 1 is 1.67 bits per heavy atom. The Kier molecular flexibility index (Phi) is 3.23. The van der Waals surface area contributed by atoms with Crippen LogP contribution in [0.4, 0.5) is 0 Å².